The van der Waals surface area contributed by atoms with Gasteiger partial charge in [0.05, 0.1) is 5.54 Å². The molecule has 1 unspecified atom stereocenters. The van der Waals surface area contributed by atoms with Crippen LogP contribution in [0.5, 0.6) is 0 Å². The number of fused-ring (bicyclic) bond motifs is 1. The van der Waals surface area contributed by atoms with E-state index in [1.165, 1.54) is 6.92 Å². The third-order valence-corrected chi connectivity index (χ3v) is 2.63. The number of H-pyrrole nitrogens is 1. The maximum Gasteiger partial charge on any atom is 0.260 e. The van der Waals surface area contributed by atoms with Crippen LogP contribution in [0.25, 0.3) is 10.9 Å². The van der Waals surface area contributed by atoms with Gasteiger partial charge in [-0.1, -0.05) is 6.07 Å². The van der Waals surface area contributed by atoms with E-state index in [-0.39, 0.29) is 0 Å². The largest absolute Gasteiger partial charge is 0.361 e. The van der Waals surface area contributed by atoms with Crippen molar-refractivity contribution in [3.63, 3.8) is 0 Å². The van der Waals surface area contributed by atoms with Crippen LogP contribution in [0, 0.1) is 0 Å². The smallest absolute Gasteiger partial charge is 0.260 e. The lowest BCUT2D eigenvalue weighted by Crippen LogP contribution is -2.40. The predicted octanol–water partition coefficient (Wildman–Crippen LogP) is 2.61. The molecule has 0 radical (unpaired) electrons. The minimum atomic E-state index is -2.58. The third-order valence-electron chi connectivity index (χ3n) is 2.63. The van der Waals surface area contributed by atoms with Gasteiger partial charge in [0, 0.05) is 11.7 Å². The van der Waals surface area contributed by atoms with Gasteiger partial charge in [-0.25, -0.2) is 8.78 Å². The zero-order valence-corrected chi connectivity index (χ0v) is 8.30. The van der Waals surface area contributed by atoms with Gasteiger partial charge in [-0.05, 0) is 36.1 Å². The Bertz CT molecular complexity index is 474. The van der Waals surface area contributed by atoms with Crippen molar-refractivity contribution in [2.45, 2.75) is 18.9 Å². The molecule has 3 N–H and O–H groups in total. The number of nitrogens with two attached hydrogens (primary N) is 1. The third kappa shape index (κ3) is 1.61. The first-order chi connectivity index (χ1) is 7.01. The van der Waals surface area contributed by atoms with E-state index in [4.69, 9.17) is 5.73 Å². The second-order valence-electron chi connectivity index (χ2n) is 3.86. The van der Waals surface area contributed by atoms with Gasteiger partial charge in [-0.3, -0.25) is 0 Å². The molecule has 1 aromatic carbocycles. The first kappa shape index (κ1) is 10.1. The maximum absolute atomic E-state index is 12.7. The molecule has 4 heteroatoms. The molecule has 0 amide bonds. The van der Waals surface area contributed by atoms with E-state index < -0.39 is 12.0 Å². The Morgan fingerprint density at radius 2 is 2.07 bits per heavy atom. The SMILES string of the molecule is CC(N)(c1ccc2[nH]ccc2c1)C(F)F. The van der Waals surface area contributed by atoms with E-state index in [2.05, 4.69) is 4.98 Å². The summed E-state index contributed by atoms with van der Waals surface area (Å²) in [5, 5.41) is 0.893. The number of aromatic amines is 1. The number of nitrogens with one attached hydrogen (secondary N) is 1. The van der Waals surface area contributed by atoms with Gasteiger partial charge >= 0.3 is 0 Å². The topological polar surface area (TPSA) is 41.8 Å². The maximum atomic E-state index is 12.7. The van der Waals surface area contributed by atoms with E-state index in [0.29, 0.717) is 5.56 Å². The highest BCUT2D eigenvalue weighted by Gasteiger charge is 2.32. The lowest BCUT2D eigenvalue weighted by molar-refractivity contribution is 0.0626. The van der Waals surface area contributed by atoms with Crippen molar-refractivity contribution < 1.29 is 8.78 Å². The Balaban J connectivity index is 2.52. The van der Waals surface area contributed by atoms with E-state index in [1.54, 1.807) is 24.4 Å². The molecule has 0 bridgehead atoms. The lowest BCUT2D eigenvalue weighted by Gasteiger charge is -2.24. The fourth-order valence-corrected chi connectivity index (χ4v) is 1.51. The number of rotatable bonds is 2. The van der Waals surface area contributed by atoms with Gasteiger partial charge in [-0.15, -0.1) is 0 Å². The zero-order valence-electron chi connectivity index (χ0n) is 8.30. The number of hydrogen-bond donors (Lipinski definition) is 2. The fraction of sp³-hybridized carbons (Fsp3) is 0.273. The second kappa shape index (κ2) is 3.31. The van der Waals surface area contributed by atoms with E-state index >= 15 is 0 Å². The molecule has 2 rings (SSSR count). The molecule has 2 nitrogen and oxygen atoms in total. The minimum absolute atomic E-state index is 0.449. The summed E-state index contributed by atoms with van der Waals surface area (Å²) in [6, 6.07) is 6.92. The summed E-state index contributed by atoms with van der Waals surface area (Å²) in [5.74, 6) is 0. The molecular weight excluding hydrogens is 198 g/mol. The van der Waals surface area contributed by atoms with Gasteiger partial charge in [0.15, 0.2) is 0 Å². The molecule has 0 aliphatic rings. The number of alkyl halides is 2. The lowest BCUT2D eigenvalue weighted by atomic mass is 9.93. The van der Waals surface area contributed by atoms with Gasteiger partial charge in [0.1, 0.15) is 0 Å². The molecule has 0 aliphatic heterocycles. The highest BCUT2D eigenvalue weighted by atomic mass is 19.3. The Labute approximate surface area is 86.1 Å². The van der Waals surface area contributed by atoms with Gasteiger partial charge in [-0.2, -0.15) is 0 Å². The van der Waals surface area contributed by atoms with Crippen LogP contribution < -0.4 is 5.73 Å². The Morgan fingerprint density at radius 1 is 1.33 bits per heavy atom. The molecule has 1 heterocycles. The molecule has 0 fully saturated rings. The molecule has 2 aromatic rings. The fourth-order valence-electron chi connectivity index (χ4n) is 1.51. The predicted molar refractivity (Wildman–Crippen MR) is 55.8 cm³/mol. The molecule has 0 saturated heterocycles. The quantitative estimate of drug-likeness (QED) is 0.786. The van der Waals surface area contributed by atoms with Crippen LogP contribution in [0.2, 0.25) is 0 Å². The van der Waals surface area contributed by atoms with Crippen molar-refractivity contribution in [2.75, 3.05) is 0 Å². The number of halogens is 2. The molecule has 1 atom stereocenters. The number of benzene rings is 1. The van der Waals surface area contributed by atoms with Crippen molar-refractivity contribution in [3.8, 4) is 0 Å². The van der Waals surface area contributed by atoms with Crippen LogP contribution in [-0.4, -0.2) is 11.4 Å². The van der Waals surface area contributed by atoms with E-state index in [0.717, 1.165) is 10.9 Å². The first-order valence-corrected chi connectivity index (χ1v) is 4.66. The van der Waals surface area contributed by atoms with Crippen LogP contribution in [-0.2, 0) is 5.54 Å². The van der Waals surface area contributed by atoms with Crippen LogP contribution in [0.4, 0.5) is 8.78 Å². The summed E-state index contributed by atoms with van der Waals surface area (Å²) in [7, 11) is 0. The summed E-state index contributed by atoms with van der Waals surface area (Å²) in [5.41, 5.74) is 5.36. The Kier molecular flexibility index (Phi) is 2.23. The first-order valence-electron chi connectivity index (χ1n) is 4.66. The summed E-state index contributed by atoms with van der Waals surface area (Å²) >= 11 is 0. The van der Waals surface area contributed by atoms with Crippen LogP contribution in [0.3, 0.4) is 0 Å². The summed E-state index contributed by atoms with van der Waals surface area (Å²) in [4.78, 5) is 3.00. The Hall–Kier alpha value is -1.42. The standard InChI is InChI=1S/C11H12F2N2/c1-11(14,10(12)13)8-2-3-9-7(6-8)4-5-15-9/h2-6,10,15H,14H2,1H3. The van der Waals surface area contributed by atoms with Crippen LogP contribution in [0.15, 0.2) is 30.5 Å². The van der Waals surface area contributed by atoms with Crippen molar-refractivity contribution >= 4 is 10.9 Å². The van der Waals surface area contributed by atoms with Gasteiger partial charge in [0.2, 0.25) is 0 Å². The van der Waals surface area contributed by atoms with E-state index in [9.17, 15) is 8.78 Å². The van der Waals surface area contributed by atoms with E-state index in [1.807, 2.05) is 6.07 Å². The zero-order chi connectivity index (χ0) is 11.1. The second-order valence-corrected chi connectivity index (χ2v) is 3.86. The normalized spacial score (nSPS) is 15.8. The van der Waals surface area contributed by atoms with Crippen molar-refractivity contribution in [2.24, 2.45) is 5.73 Å². The van der Waals surface area contributed by atoms with Crippen molar-refractivity contribution in [1.82, 2.24) is 4.98 Å². The molecule has 15 heavy (non-hydrogen) atoms. The summed E-state index contributed by atoms with van der Waals surface area (Å²) in [6.45, 7) is 1.34. The molecule has 0 saturated carbocycles. The number of aromatic nitrogens is 1. The van der Waals surface area contributed by atoms with Crippen molar-refractivity contribution in [3.05, 3.63) is 36.0 Å². The van der Waals surface area contributed by atoms with Gasteiger partial charge in [0.25, 0.3) is 6.43 Å². The minimum Gasteiger partial charge on any atom is -0.361 e. The monoisotopic (exact) mass is 210 g/mol. The summed E-state index contributed by atoms with van der Waals surface area (Å²) in [6.07, 6.45) is -0.807. The molecule has 0 aliphatic carbocycles. The molecule has 0 spiro atoms. The average molecular weight is 210 g/mol. The van der Waals surface area contributed by atoms with Gasteiger partial charge < -0.3 is 10.7 Å². The van der Waals surface area contributed by atoms with Crippen molar-refractivity contribution in [1.29, 1.82) is 0 Å². The highest BCUT2D eigenvalue weighted by Crippen LogP contribution is 2.27. The molecular formula is C11H12F2N2. The van der Waals surface area contributed by atoms with Crippen LogP contribution in [0.1, 0.15) is 12.5 Å². The Morgan fingerprint density at radius 3 is 2.73 bits per heavy atom. The number of hydrogen-bond acceptors (Lipinski definition) is 1. The average Bonchev–Trinajstić information content (AvgIpc) is 2.63. The highest BCUT2D eigenvalue weighted by molar-refractivity contribution is 5.80. The summed E-state index contributed by atoms with van der Waals surface area (Å²) < 4.78 is 25.4. The molecule has 1 aromatic heterocycles. The molecule has 80 valence electrons. The van der Waals surface area contributed by atoms with Crippen LogP contribution >= 0.6 is 0 Å².